The molecule has 160 valence electrons. The second-order valence-corrected chi connectivity index (χ2v) is 8.56. The van der Waals surface area contributed by atoms with E-state index in [2.05, 4.69) is 10.2 Å². The van der Waals surface area contributed by atoms with Crippen molar-refractivity contribution in [3.63, 3.8) is 0 Å². The number of halogens is 1. The van der Waals surface area contributed by atoms with Crippen LogP contribution in [0.3, 0.4) is 0 Å². The van der Waals surface area contributed by atoms with Gasteiger partial charge in [0.2, 0.25) is 5.91 Å². The molecule has 0 spiro atoms. The summed E-state index contributed by atoms with van der Waals surface area (Å²) >= 11 is 6.35. The summed E-state index contributed by atoms with van der Waals surface area (Å²) in [5.41, 5.74) is 4.48. The van der Waals surface area contributed by atoms with Gasteiger partial charge in [-0.25, -0.2) is 0 Å². The number of benzene rings is 2. The number of carbonyl (C=O) groups is 2. The van der Waals surface area contributed by atoms with Crippen molar-refractivity contribution in [2.24, 2.45) is 0 Å². The Morgan fingerprint density at radius 1 is 1.00 bits per heavy atom. The summed E-state index contributed by atoms with van der Waals surface area (Å²) in [4.78, 5) is 29.8. The molecule has 0 saturated carbocycles. The molecule has 1 heterocycles. The van der Waals surface area contributed by atoms with Crippen LogP contribution in [0, 0.1) is 20.8 Å². The van der Waals surface area contributed by atoms with E-state index in [-0.39, 0.29) is 17.9 Å². The molecule has 0 aromatic heterocycles. The largest absolute Gasteiger partial charge is 0.337 e. The van der Waals surface area contributed by atoms with Crippen molar-refractivity contribution in [1.29, 1.82) is 0 Å². The Morgan fingerprint density at radius 2 is 1.77 bits per heavy atom. The molecule has 2 aromatic carbocycles. The Bertz CT molecular complexity index is 921. The zero-order valence-electron chi connectivity index (χ0n) is 18.2. The second-order valence-electron chi connectivity index (χ2n) is 8.16. The zero-order chi connectivity index (χ0) is 21.8. The summed E-state index contributed by atoms with van der Waals surface area (Å²) in [5.74, 6) is -0.0259. The summed E-state index contributed by atoms with van der Waals surface area (Å²) in [5, 5.41) is 3.55. The van der Waals surface area contributed by atoms with E-state index in [0.717, 1.165) is 35.2 Å². The number of carbonyl (C=O) groups excluding carboxylic acids is 2. The lowest BCUT2D eigenvalue weighted by molar-refractivity contribution is -0.120. The van der Waals surface area contributed by atoms with Crippen LogP contribution in [0.25, 0.3) is 0 Å². The number of nitrogens with one attached hydrogen (secondary N) is 1. The van der Waals surface area contributed by atoms with E-state index in [1.165, 1.54) is 0 Å². The van der Waals surface area contributed by atoms with Crippen LogP contribution in [0.1, 0.15) is 40.4 Å². The van der Waals surface area contributed by atoms with E-state index in [0.29, 0.717) is 30.3 Å². The van der Waals surface area contributed by atoms with Gasteiger partial charge in [-0.3, -0.25) is 14.5 Å². The maximum atomic E-state index is 12.9. The molecule has 0 radical (unpaired) electrons. The predicted molar refractivity (Wildman–Crippen MR) is 122 cm³/mol. The van der Waals surface area contributed by atoms with Crippen molar-refractivity contribution in [2.45, 2.75) is 40.2 Å². The lowest BCUT2D eigenvalue weighted by Gasteiger charge is -2.27. The average Bonchev–Trinajstić information content (AvgIpc) is 2.95. The third kappa shape index (κ3) is 5.21. The molecule has 5 nitrogen and oxygen atoms in total. The van der Waals surface area contributed by atoms with Crippen LogP contribution in [0.4, 0.5) is 5.69 Å². The van der Waals surface area contributed by atoms with Gasteiger partial charge in [0.05, 0.1) is 16.8 Å². The van der Waals surface area contributed by atoms with E-state index in [4.69, 9.17) is 11.6 Å². The van der Waals surface area contributed by atoms with Crippen molar-refractivity contribution >= 4 is 29.1 Å². The maximum absolute atomic E-state index is 12.9. The first-order chi connectivity index (χ1) is 14.3. The first-order valence-electron chi connectivity index (χ1n) is 10.4. The molecular formula is C24H30ClN3O2. The Morgan fingerprint density at radius 3 is 2.47 bits per heavy atom. The van der Waals surface area contributed by atoms with Crippen LogP contribution in [-0.4, -0.2) is 53.8 Å². The summed E-state index contributed by atoms with van der Waals surface area (Å²) in [6, 6.07) is 11.2. The van der Waals surface area contributed by atoms with Crippen LogP contribution in [-0.2, 0) is 4.79 Å². The van der Waals surface area contributed by atoms with Gasteiger partial charge in [0.25, 0.3) is 5.91 Å². The van der Waals surface area contributed by atoms with Crippen LogP contribution in [0.5, 0.6) is 0 Å². The lowest BCUT2D eigenvalue weighted by Crippen LogP contribution is -2.44. The van der Waals surface area contributed by atoms with E-state index in [1.807, 2.05) is 69.0 Å². The lowest BCUT2D eigenvalue weighted by atomic mass is 10.1. The fourth-order valence-corrected chi connectivity index (χ4v) is 4.32. The normalized spacial score (nSPS) is 16.1. The number of rotatable bonds is 4. The second kappa shape index (κ2) is 9.63. The number of amides is 2. The van der Waals surface area contributed by atoms with Crippen LogP contribution >= 0.6 is 11.6 Å². The highest BCUT2D eigenvalue weighted by molar-refractivity contribution is 6.34. The quantitative estimate of drug-likeness (QED) is 0.784. The molecule has 3 rings (SSSR count). The number of aryl methyl sites for hydroxylation is 3. The number of hydrogen-bond donors (Lipinski definition) is 1. The fraction of sp³-hybridized carbons (Fsp3) is 0.417. The van der Waals surface area contributed by atoms with Crippen LogP contribution in [0.15, 0.2) is 36.4 Å². The van der Waals surface area contributed by atoms with Gasteiger partial charge in [0, 0.05) is 31.7 Å². The van der Waals surface area contributed by atoms with Gasteiger partial charge in [0.15, 0.2) is 0 Å². The third-order valence-electron chi connectivity index (χ3n) is 5.69. The van der Waals surface area contributed by atoms with Crippen molar-refractivity contribution < 1.29 is 9.59 Å². The van der Waals surface area contributed by atoms with Gasteiger partial charge >= 0.3 is 0 Å². The van der Waals surface area contributed by atoms with E-state index in [1.54, 1.807) is 0 Å². The van der Waals surface area contributed by atoms with Gasteiger partial charge in [-0.1, -0.05) is 35.4 Å². The van der Waals surface area contributed by atoms with E-state index in [9.17, 15) is 9.59 Å². The van der Waals surface area contributed by atoms with Crippen molar-refractivity contribution in [3.8, 4) is 0 Å². The highest BCUT2D eigenvalue weighted by Gasteiger charge is 2.26. The number of nitrogens with zero attached hydrogens (tertiary/aromatic N) is 2. The maximum Gasteiger partial charge on any atom is 0.253 e. The third-order valence-corrected chi connectivity index (χ3v) is 5.99. The molecule has 1 unspecified atom stereocenters. The van der Waals surface area contributed by atoms with Crippen molar-refractivity contribution in [1.82, 2.24) is 9.80 Å². The monoisotopic (exact) mass is 427 g/mol. The molecule has 1 aliphatic heterocycles. The first kappa shape index (κ1) is 22.3. The molecule has 1 saturated heterocycles. The minimum absolute atomic E-state index is 0.0553. The topological polar surface area (TPSA) is 52.7 Å². The van der Waals surface area contributed by atoms with Gasteiger partial charge in [-0.05, 0) is 63.4 Å². The van der Waals surface area contributed by atoms with Crippen molar-refractivity contribution in [2.75, 3.05) is 31.5 Å². The van der Waals surface area contributed by atoms with Gasteiger partial charge in [-0.15, -0.1) is 0 Å². The molecule has 1 aliphatic rings. The highest BCUT2D eigenvalue weighted by Crippen LogP contribution is 2.27. The molecular weight excluding hydrogens is 398 g/mol. The molecule has 1 atom stereocenters. The predicted octanol–water partition coefficient (Wildman–Crippen LogP) is 4.44. The molecule has 2 amide bonds. The molecule has 1 N–H and O–H groups in total. The Kier molecular flexibility index (Phi) is 7.16. The molecule has 6 heteroatoms. The van der Waals surface area contributed by atoms with Crippen molar-refractivity contribution in [3.05, 3.63) is 63.7 Å². The Labute approximate surface area is 184 Å². The SMILES string of the molecule is Cc1cccc(C(=O)N2CCCN(C(C)C(=O)Nc3c(C)cc(C)cc3Cl)CC2)c1. The van der Waals surface area contributed by atoms with Gasteiger partial charge in [0.1, 0.15) is 0 Å². The molecule has 1 fully saturated rings. The van der Waals surface area contributed by atoms with Crippen LogP contribution < -0.4 is 5.32 Å². The van der Waals surface area contributed by atoms with Gasteiger partial charge in [-0.2, -0.15) is 0 Å². The summed E-state index contributed by atoms with van der Waals surface area (Å²) in [6.45, 7) is 10.6. The zero-order valence-corrected chi connectivity index (χ0v) is 18.9. The summed E-state index contributed by atoms with van der Waals surface area (Å²) < 4.78 is 0. The molecule has 30 heavy (non-hydrogen) atoms. The minimum atomic E-state index is -0.309. The standard InChI is InChI=1S/C24H30ClN3O2/c1-16-7-5-8-20(14-16)24(30)28-10-6-9-27(11-12-28)19(4)23(29)26-22-18(3)13-17(2)15-21(22)25/h5,7-8,13-15,19H,6,9-12H2,1-4H3,(H,26,29). The smallest absolute Gasteiger partial charge is 0.253 e. The fourth-order valence-electron chi connectivity index (χ4n) is 3.96. The van der Waals surface area contributed by atoms with Gasteiger partial charge < -0.3 is 10.2 Å². The number of anilines is 1. The van der Waals surface area contributed by atoms with E-state index >= 15 is 0 Å². The highest BCUT2D eigenvalue weighted by atomic mass is 35.5. The van der Waals surface area contributed by atoms with Crippen LogP contribution in [0.2, 0.25) is 5.02 Å². The minimum Gasteiger partial charge on any atom is -0.337 e. The molecule has 0 bridgehead atoms. The molecule has 2 aromatic rings. The average molecular weight is 428 g/mol. The Hall–Kier alpha value is -2.37. The first-order valence-corrected chi connectivity index (χ1v) is 10.8. The number of hydrogen-bond acceptors (Lipinski definition) is 3. The summed E-state index contributed by atoms with van der Waals surface area (Å²) in [7, 11) is 0. The van der Waals surface area contributed by atoms with E-state index < -0.39 is 0 Å². The Balaban J connectivity index is 1.63. The molecule has 0 aliphatic carbocycles. The summed E-state index contributed by atoms with van der Waals surface area (Å²) in [6.07, 6.45) is 0.833.